The maximum absolute atomic E-state index is 14.8. The number of amides is 1. The van der Waals surface area contributed by atoms with Crippen molar-refractivity contribution in [2.45, 2.75) is 51.6 Å². The van der Waals surface area contributed by atoms with Crippen molar-refractivity contribution < 1.29 is 9.18 Å². The van der Waals surface area contributed by atoms with E-state index in [4.69, 9.17) is 5.73 Å². The number of aliphatic imine (C=N–C) groups is 1. The Balaban J connectivity index is 2.03. The van der Waals surface area contributed by atoms with E-state index in [0.717, 1.165) is 24.9 Å². The van der Waals surface area contributed by atoms with Gasteiger partial charge in [-0.25, -0.2) is 9.38 Å². The van der Waals surface area contributed by atoms with Crippen LogP contribution in [0.15, 0.2) is 23.2 Å². The summed E-state index contributed by atoms with van der Waals surface area (Å²) < 4.78 is 14.8. The molecule has 6 nitrogen and oxygen atoms in total. The van der Waals surface area contributed by atoms with Crippen LogP contribution in [0.3, 0.4) is 0 Å². The van der Waals surface area contributed by atoms with Gasteiger partial charge in [-0.3, -0.25) is 9.69 Å². The highest BCUT2D eigenvalue weighted by Crippen LogP contribution is 2.47. The third kappa shape index (κ3) is 2.93. The summed E-state index contributed by atoms with van der Waals surface area (Å²) in [4.78, 5) is 18.6. The number of rotatable bonds is 3. The monoisotopic (exact) mass is 371 g/mol. The van der Waals surface area contributed by atoms with Gasteiger partial charge in [0.25, 0.3) is 0 Å². The molecule has 3 rings (SSSR count). The van der Waals surface area contributed by atoms with Gasteiger partial charge in [-0.2, -0.15) is 5.26 Å². The van der Waals surface area contributed by atoms with Crippen LogP contribution in [0.4, 0.5) is 10.1 Å². The Labute approximate surface area is 159 Å². The molecule has 3 N–H and O–H groups in total. The fraction of sp³-hybridized carbons (Fsp3) is 0.550. The number of carbonyl (C=O) groups is 1. The van der Waals surface area contributed by atoms with Crippen LogP contribution in [0.5, 0.6) is 0 Å². The predicted molar refractivity (Wildman–Crippen MR) is 102 cm³/mol. The highest BCUT2D eigenvalue weighted by Gasteiger charge is 2.53. The Morgan fingerprint density at radius 2 is 2.07 bits per heavy atom. The summed E-state index contributed by atoms with van der Waals surface area (Å²) in [6.45, 7) is 5.24. The predicted octanol–water partition coefficient (Wildman–Crippen LogP) is 2.96. The number of nitrogens with two attached hydrogens (primary N) is 1. The van der Waals surface area contributed by atoms with Crippen LogP contribution in [-0.2, 0) is 10.3 Å². The zero-order chi connectivity index (χ0) is 20.0. The normalized spacial score (nSPS) is 30.0. The summed E-state index contributed by atoms with van der Waals surface area (Å²) in [6, 6.07) is 7.11. The van der Waals surface area contributed by atoms with Crippen molar-refractivity contribution in [3.63, 3.8) is 0 Å². The number of carbonyl (C=O) groups excluding carboxylic acids is 1. The van der Waals surface area contributed by atoms with Crippen LogP contribution in [0.1, 0.15) is 45.6 Å². The standard InChI is InChI=1S/C20H26FN5O/c1-19(2)17(27)26(4)18(23)25-20(19,3)14-10-13(8-9-15(14)21)24-16-7-5-6-12(16)11-22/h8-10,12,16,24H,5-7H2,1-4H3,(H2,23,25)/t12?,16?,20-/m1/s1. The van der Waals surface area contributed by atoms with Crippen LogP contribution < -0.4 is 11.1 Å². The van der Waals surface area contributed by atoms with Gasteiger partial charge in [0, 0.05) is 24.3 Å². The summed E-state index contributed by atoms with van der Waals surface area (Å²) in [6.07, 6.45) is 2.77. The first-order chi connectivity index (χ1) is 12.6. The van der Waals surface area contributed by atoms with E-state index < -0.39 is 16.8 Å². The molecule has 1 saturated carbocycles. The molecule has 1 aromatic carbocycles. The molecule has 0 saturated heterocycles. The number of halogens is 1. The van der Waals surface area contributed by atoms with E-state index in [-0.39, 0.29) is 23.8 Å². The molecule has 1 fully saturated rings. The van der Waals surface area contributed by atoms with Crippen molar-refractivity contribution in [1.29, 1.82) is 5.26 Å². The second kappa shape index (κ2) is 6.52. The molecule has 1 heterocycles. The fourth-order valence-corrected chi connectivity index (χ4v) is 4.06. The Kier molecular flexibility index (Phi) is 4.62. The Morgan fingerprint density at radius 3 is 2.74 bits per heavy atom. The minimum absolute atomic E-state index is 0.0434. The van der Waals surface area contributed by atoms with Crippen LogP contribution >= 0.6 is 0 Å². The zero-order valence-corrected chi connectivity index (χ0v) is 16.2. The van der Waals surface area contributed by atoms with Gasteiger partial charge in [0.05, 0.1) is 17.4 Å². The van der Waals surface area contributed by atoms with Gasteiger partial charge < -0.3 is 11.1 Å². The van der Waals surface area contributed by atoms with Crippen LogP contribution in [0.2, 0.25) is 0 Å². The van der Waals surface area contributed by atoms with E-state index in [1.165, 1.54) is 11.0 Å². The molecule has 0 radical (unpaired) electrons. The van der Waals surface area contributed by atoms with E-state index in [0.29, 0.717) is 5.56 Å². The Morgan fingerprint density at radius 1 is 1.37 bits per heavy atom. The molecule has 3 atom stereocenters. The second-order valence-corrected chi connectivity index (χ2v) is 8.14. The molecule has 0 bridgehead atoms. The van der Waals surface area contributed by atoms with Gasteiger partial charge in [-0.15, -0.1) is 0 Å². The molecular formula is C20H26FN5O. The second-order valence-electron chi connectivity index (χ2n) is 8.14. The summed E-state index contributed by atoms with van der Waals surface area (Å²) in [5.41, 5.74) is 4.85. The first kappa shape index (κ1) is 19.2. The third-order valence-corrected chi connectivity index (χ3v) is 6.26. The minimum atomic E-state index is -1.15. The van der Waals surface area contributed by atoms with E-state index in [1.807, 2.05) is 0 Å². The number of benzene rings is 1. The lowest BCUT2D eigenvalue weighted by molar-refractivity contribution is -0.140. The summed E-state index contributed by atoms with van der Waals surface area (Å²) in [5.74, 6) is -0.632. The zero-order valence-electron chi connectivity index (χ0n) is 16.2. The quantitative estimate of drug-likeness (QED) is 0.854. The number of nitrogens with zero attached hydrogens (tertiary/aromatic N) is 3. The molecule has 2 unspecified atom stereocenters. The van der Waals surface area contributed by atoms with Crippen molar-refractivity contribution in [3.05, 3.63) is 29.6 Å². The molecule has 2 aliphatic rings. The lowest BCUT2D eigenvalue weighted by Crippen LogP contribution is -2.58. The molecule has 144 valence electrons. The smallest absolute Gasteiger partial charge is 0.237 e. The van der Waals surface area contributed by atoms with Crippen LogP contribution in [-0.4, -0.2) is 29.9 Å². The van der Waals surface area contributed by atoms with Crippen molar-refractivity contribution in [3.8, 4) is 6.07 Å². The highest BCUT2D eigenvalue weighted by atomic mass is 19.1. The molecule has 7 heteroatoms. The summed E-state index contributed by atoms with van der Waals surface area (Å²) >= 11 is 0. The molecule has 27 heavy (non-hydrogen) atoms. The molecular weight excluding hydrogens is 345 g/mol. The maximum atomic E-state index is 14.8. The van der Waals surface area contributed by atoms with Gasteiger partial charge in [0.2, 0.25) is 5.91 Å². The van der Waals surface area contributed by atoms with E-state index in [9.17, 15) is 14.4 Å². The SMILES string of the molecule is CN1C(=O)C(C)(C)[C@@](C)(c2cc(NC3CCCC3C#N)ccc2F)N=C1N. The summed E-state index contributed by atoms with van der Waals surface area (Å²) in [7, 11) is 1.57. The highest BCUT2D eigenvalue weighted by molar-refractivity contribution is 6.01. The number of nitriles is 1. The lowest BCUT2D eigenvalue weighted by Gasteiger charge is -2.46. The van der Waals surface area contributed by atoms with Gasteiger partial charge >= 0.3 is 0 Å². The van der Waals surface area contributed by atoms with Crippen molar-refractivity contribution >= 4 is 17.6 Å². The van der Waals surface area contributed by atoms with Gasteiger partial charge in [-0.05, 0) is 58.2 Å². The minimum Gasteiger partial charge on any atom is -0.381 e. The number of hydrogen-bond acceptors (Lipinski definition) is 5. The van der Waals surface area contributed by atoms with Gasteiger partial charge in [-0.1, -0.05) is 0 Å². The lowest BCUT2D eigenvalue weighted by atomic mass is 9.67. The van der Waals surface area contributed by atoms with Gasteiger partial charge in [0.1, 0.15) is 11.4 Å². The van der Waals surface area contributed by atoms with Gasteiger partial charge in [0.15, 0.2) is 5.96 Å². The molecule has 1 aliphatic carbocycles. The van der Waals surface area contributed by atoms with E-state index >= 15 is 0 Å². The number of hydrogen-bond donors (Lipinski definition) is 2. The molecule has 0 aromatic heterocycles. The van der Waals surface area contributed by atoms with Crippen molar-refractivity contribution in [2.24, 2.45) is 22.1 Å². The molecule has 1 amide bonds. The molecule has 1 aliphatic heterocycles. The fourth-order valence-electron chi connectivity index (χ4n) is 4.06. The largest absolute Gasteiger partial charge is 0.381 e. The molecule has 0 spiro atoms. The number of guanidine groups is 1. The van der Waals surface area contributed by atoms with Crippen LogP contribution in [0.25, 0.3) is 0 Å². The topological polar surface area (TPSA) is 94.5 Å². The summed E-state index contributed by atoms with van der Waals surface area (Å²) in [5, 5.41) is 12.6. The van der Waals surface area contributed by atoms with Crippen molar-refractivity contribution in [1.82, 2.24) is 4.90 Å². The van der Waals surface area contributed by atoms with Crippen molar-refractivity contribution in [2.75, 3.05) is 12.4 Å². The number of nitrogens with one attached hydrogen (secondary N) is 1. The van der Waals surface area contributed by atoms with E-state index in [2.05, 4.69) is 16.4 Å². The first-order valence-electron chi connectivity index (χ1n) is 9.21. The Bertz CT molecular complexity index is 843. The number of anilines is 1. The van der Waals surface area contributed by atoms with Crippen LogP contribution in [0, 0.1) is 28.5 Å². The third-order valence-electron chi connectivity index (χ3n) is 6.26. The maximum Gasteiger partial charge on any atom is 0.237 e. The molecule has 1 aromatic rings. The Hall–Kier alpha value is -2.62. The first-order valence-corrected chi connectivity index (χ1v) is 9.21. The average Bonchev–Trinajstić information content (AvgIpc) is 3.07. The average molecular weight is 371 g/mol. The van der Waals surface area contributed by atoms with E-state index in [1.54, 1.807) is 40.0 Å².